The van der Waals surface area contributed by atoms with Crippen LogP contribution in [0.25, 0.3) is 0 Å². The van der Waals surface area contributed by atoms with E-state index in [0.717, 1.165) is 30.0 Å². The molecule has 0 saturated carbocycles. The third kappa shape index (κ3) is 5.55. The van der Waals surface area contributed by atoms with Crippen LogP contribution in [0.5, 0.6) is 5.75 Å². The molecular formula is C26H28N4O3. The lowest BCUT2D eigenvalue weighted by atomic mass is 9.95. The number of carbonyl (C=O) groups excluding carboxylic acids is 2. The number of aryl methyl sites for hydroxylation is 1. The van der Waals surface area contributed by atoms with Gasteiger partial charge in [-0.15, -0.1) is 0 Å². The maximum Gasteiger partial charge on any atom is 0.259 e. The van der Waals surface area contributed by atoms with Gasteiger partial charge in [-0.05, 0) is 49.6 Å². The van der Waals surface area contributed by atoms with Gasteiger partial charge in [0.1, 0.15) is 11.6 Å². The largest absolute Gasteiger partial charge is 0.497 e. The number of methoxy groups -OCH3 is 1. The van der Waals surface area contributed by atoms with Gasteiger partial charge in [0.25, 0.3) is 5.91 Å². The van der Waals surface area contributed by atoms with Crippen molar-refractivity contribution in [3.63, 3.8) is 0 Å². The molecule has 0 atom stereocenters. The third-order valence-corrected chi connectivity index (χ3v) is 6.00. The topological polar surface area (TPSA) is 84.4 Å². The summed E-state index contributed by atoms with van der Waals surface area (Å²) in [6.45, 7) is 3.21. The van der Waals surface area contributed by atoms with Gasteiger partial charge in [0.2, 0.25) is 5.91 Å². The number of likely N-dealkylation sites (tertiary alicyclic amines) is 1. The summed E-state index contributed by atoms with van der Waals surface area (Å²) in [6, 6.07) is 17.0. The van der Waals surface area contributed by atoms with Gasteiger partial charge in [0, 0.05) is 30.9 Å². The number of ether oxygens (including phenoxy) is 1. The molecule has 0 unspecified atom stereocenters. The second kappa shape index (κ2) is 10.3. The zero-order chi connectivity index (χ0) is 23.2. The molecule has 1 aromatic heterocycles. The van der Waals surface area contributed by atoms with E-state index in [1.165, 1.54) is 0 Å². The number of rotatable bonds is 6. The summed E-state index contributed by atoms with van der Waals surface area (Å²) >= 11 is 0. The van der Waals surface area contributed by atoms with E-state index in [1.807, 2.05) is 42.2 Å². The van der Waals surface area contributed by atoms with Crippen molar-refractivity contribution >= 4 is 17.5 Å². The van der Waals surface area contributed by atoms with Gasteiger partial charge < -0.3 is 15.0 Å². The van der Waals surface area contributed by atoms with Crippen molar-refractivity contribution in [3.8, 4) is 5.75 Å². The van der Waals surface area contributed by atoms with Gasteiger partial charge in [-0.1, -0.05) is 30.3 Å². The number of hydrogen-bond donors (Lipinski definition) is 1. The average molecular weight is 445 g/mol. The van der Waals surface area contributed by atoms with Gasteiger partial charge in [0.15, 0.2) is 0 Å². The minimum Gasteiger partial charge on any atom is -0.497 e. The summed E-state index contributed by atoms with van der Waals surface area (Å²) in [4.78, 5) is 36.3. The van der Waals surface area contributed by atoms with Crippen LogP contribution in [0.2, 0.25) is 0 Å². The second-order valence-electron chi connectivity index (χ2n) is 8.23. The summed E-state index contributed by atoms with van der Waals surface area (Å²) in [5.41, 5.74) is 2.81. The molecule has 1 aliphatic rings. The number of anilines is 1. The molecule has 2 heterocycles. The van der Waals surface area contributed by atoms with Gasteiger partial charge in [0.05, 0.1) is 24.8 Å². The third-order valence-electron chi connectivity index (χ3n) is 6.00. The average Bonchev–Trinajstić information content (AvgIpc) is 2.85. The second-order valence-corrected chi connectivity index (χ2v) is 8.23. The van der Waals surface area contributed by atoms with Crippen molar-refractivity contribution < 1.29 is 14.3 Å². The van der Waals surface area contributed by atoms with Crippen LogP contribution in [0, 0.1) is 6.92 Å². The lowest BCUT2D eigenvalue weighted by Crippen LogP contribution is -2.39. The fraction of sp³-hybridized carbons (Fsp3) is 0.308. The van der Waals surface area contributed by atoms with Crippen molar-refractivity contribution in [1.29, 1.82) is 0 Å². The maximum absolute atomic E-state index is 12.7. The summed E-state index contributed by atoms with van der Waals surface area (Å²) in [6.07, 6.45) is 3.66. The van der Waals surface area contributed by atoms with E-state index in [0.29, 0.717) is 36.5 Å². The highest BCUT2D eigenvalue weighted by Crippen LogP contribution is 2.26. The van der Waals surface area contributed by atoms with Crippen LogP contribution in [0.1, 0.15) is 46.2 Å². The van der Waals surface area contributed by atoms with Crippen LogP contribution >= 0.6 is 0 Å². The lowest BCUT2D eigenvalue weighted by Gasteiger charge is -2.31. The minimum atomic E-state index is -0.245. The maximum atomic E-state index is 12.7. The van der Waals surface area contributed by atoms with E-state index in [1.54, 1.807) is 37.6 Å². The van der Waals surface area contributed by atoms with Gasteiger partial charge in [-0.3, -0.25) is 9.59 Å². The fourth-order valence-electron chi connectivity index (χ4n) is 4.05. The molecule has 1 N–H and O–H groups in total. The first-order chi connectivity index (χ1) is 16.0. The number of aromatic nitrogens is 2. The van der Waals surface area contributed by atoms with Crippen molar-refractivity contribution in [2.24, 2.45) is 0 Å². The number of nitrogens with one attached hydrogen (secondary N) is 1. The Kier molecular flexibility index (Phi) is 6.98. The molecule has 0 spiro atoms. The summed E-state index contributed by atoms with van der Waals surface area (Å²) in [5.74, 6) is 1.56. The molecule has 170 valence electrons. The molecular weight excluding hydrogens is 416 g/mol. The predicted molar refractivity (Wildman–Crippen MR) is 126 cm³/mol. The van der Waals surface area contributed by atoms with Crippen LogP contribution in [0.4, 0.5) is 5.69 Å². The molecule has 1 saturated heterocycles. The highest BCUT2D eigenvalue weighted by Gasteiger charge is 2.26. The van der Waals surface area contributed by atoms with E-state index in [9.17, 15) is 9.59 Å². The Morgan fingerprint density at radius 1 is 1.06 bits per heavy atom. The Labute approximate surface area is 193 Å². The Hall–Kier alpha value is -3.74. The molecule has 7 nitrogen and oxygen atoms in total. The van der Waals surface area contributed by atoms with E-state index < -0.39 is 0 Å². The number of hydrogen-bond acceptors (Lipinski definition) is 5. The molecule has 3 aromatic rings. The number of benzene rings is 2. The first kappa shape index (κ1) is 22.5. The highest BCUT2D eigenvalue weighted by atomic mass is 16.5. The monoisotopic (exact) mass is 444 g/mol. The number of nitrogens with zero attached hydrogens (tertiary/aromatic N) is 3. The van der Waals surface area contributed by atoms with E-state index >= 15 is 0 Å². The molecule has 1 aliphatic heterocycles. The minimum absolute atomic E-state index is 0.155. The van der Waals surface area contributed by atoms with Crippen molar-refractivity contribution in [2.75, 3.05) is 25.5 Å². The molecule has 1 fully saturated rings. The molecule has 0 radical (unpaired) electrons. The normalized spacial score (nSPS) is 14.1. The zero-order valence-corrected chi connectivity index (χ0v) is 19.0. The fourth-order valence-corrected chi connectivity index (χ4v) is 4.05. The van der Waals surface area contributed by atoms with E-state index in [4.69, 9.17) is 4.74 Å². The number of piperidine rings is 1. The zero-order valence-electron chi connectivity index (χ0n) is 19.0. The van der Waals surface area contributed by atoms with Crippen LogP contribution < -0.4 is 10.1 Å². The first-order valence-electron chi connectivity index (χ1n) is 11.1. The van der Waals surface area contributed by atoms with Crippen LogP contribution in [0.3, 0.4) is 0 Å². The van der Waals surface area contributed by atoms with Gasteiger partial charge >= 0.3 is 0 Å². The standard InChI is InChI=1S/C26H28N4O3/c1-18-23(26(32)29-21-8-10-22(33-2)11-9-21)17-27-25(28-18)20-12-14-30(15-13-20)24(31)16-19-6-4-3-5-7-19/h3-11,17,20H,12-16H2,1-2H3,(H,29,32). The predicted octanol–water partition coefficient (Wildman–Crippen LogP) is 3.99. The van der Waals surface area contributed by atoms with E-state index in [2.05, 4.69) is 15.3 Å². The van der Waals surface area contributed by atoms with Crippen molar-refractivity contribution in [2.45, 2.75) is 32.1 Å². The Morgan fingerprint density at radius 2 is 1.76 bits per heavy atom. The van der Waals surface area contributed by atoms with Crippen LogP contribution in [0.15, 0.2) is 60.8 Å². The smallest absolute Gasteiger partial charge is 0.259 e. The summed E-state index contributed by atoms with van der Waals surface area (Å²) < 4.78 is 5.14. The molecule has 0 aliphatic carbocycles. The van der Waals surface area contributed by atoms with Crippen molar-refractivity contribution in [3.05, 3.63) is 83.4 Å². The Morgan fingerprint density at radius 3 is 2.39 bits per heavy atom. The van der Waals surface area contributed by atoms with Gasteiger partial charge in [-0.2, -0.15) is 0 Å². The molecule has 7 heteroatoms. The molecule has 2 aromatic carbocycles. The van der Waals surface area contributed by atoms with Crippen LogP contribution in [-0.4, -0.2) is 46.9 Å². The number of amides is 2. The van der Waals surface area contributed by atoms with E-state index in [-0.39, 0.29) is 17.7 Å². The Bertz CT molecular complexity index is 1110. The van der Waals surface area contributed by atoms with Crippen molar-refractivity contribution in [1.82, 2.24) is 14.9 Å². The number of carbonyl (C=O) groups is 2. The molecule has 0 bridgehead atoms. The quantitative estimate of drug-likeness (QED) is 0.621. The molecule has 2 amide bonds. The lowest BCUT2D eigenvalue weighted by molar-refractivity contribution is -0.131. The van der Waals surface area contributed by atoms with Gasteiger partial charge in [-0.25, -0.2) is 9.97 Å². The highest BCUT2D eigenvalue weighted by molar-refractivity contribution is 6.04. The SMILES string of the molecule is COc1ccc(NC(=O)c2cnc(C3CCN(C(=O)Cc4ccccc4)CC3)nc2C)cc1. The summed E-state index contributed by atoms with van der Waals surface area (Å²) in [7, 11) is 1.60. The summed E-state index contributed by atoms with van der Waals surface area (Å²) in [5, 5.41) is 2.87. The molecule has 33 heavy (non-hydrogen) atoms. The molecule has 4 rings (SSSR count). The first-order valence-corrected chi connectivity index (χ1v) is 11.1. The Balaban J connectivity index is 1.34. The van der Waals surface area contributed by atoms with Crippen LogP contribution in [-0.2, 0) is 11.2 Å².